The van der Waals surface area contributed by atoms with Gasteiger partial charge < -0.3 is 9.47 Å². The van der Waals surface area contributed by atoms with Crippen LogP contribution >= 0.6 is 63.7 Å². The van der Waals surface area contributed by atoms with Gasteiger partial charge in [0, 0.05) is 14.4 Å². The summed E-state index contributed by atoms with van der Waals surface area (Å²) >= 11 is 14.7. The van der Waals surface area contributed by atoms with Crippen molar-refractivity contribution in [2.24, 2.45) is 0 Å². The van der Waals surface area contributed by atoms with Crippen LogP contribution in [-0.4, -0.2) is 14.2 Å². The topological polar surface area (TPSA) is 18.5 Å². The SMILES string of the molecule is COc1ccc(C(C)(C)c2c(Br)c(Br)c(OC)c(Br)c2Br)cc1. The van der Waals surface area contributed by atoms with Crippen LogP contribution in [0.4, 0.5) is 0 Å². The molecule has 0 aliphatic heterocycles. The molecular formula is C17H16Br4O2. The first-order chi connectivity index (χ1) is 10.8. The Balaban J connectivity index is 2.68. The lowest BCUT2D eigenvalue weighted by Crippen LogP contribution is -2.21. The molecule has 0 saturated carbocycles. The van der Waals surface area contributed by atoms with Gasteiger partial charge in [0.15, 0.2) is 0 Å². The number of rotatable bonds is 4. The van der Waals surface area contributed by atoms with Crippen molar-refractivity contribution in [3.05, 3.63) is 53.3 Å². The van der Waals surface area contributed by atoms with Gasteiger partial charge in [0.25, 0.3) is 0 Å². The molecule has 0 bridgehead atoms. The summed E-state index contributed by atoms with van der Waals surface area (Å²) in [5, 5.41) is 0. The highest BCUT2D eigenvalue weighted by Crippen LogP contribution is 2.51. The van der Waals surface area contributed by atoms with E-state index in [2.05, 4.69) is 89.7 Å². The molecule has 0 heterocycles. The van der Waals surface area contributed by atoms with Crippen molar-refractivity contribution in [2.75, 3.05) is 14.2 Å². The molecule has 0 atom stereocenters. The second-order valence-electron chi connectivity index (χ2n) is 5.52. The molecule has 0 amide bonds. The van der Waals surface area contributed by atoms with Crippen molar-refractivity contribution >= 4 is 63.7 Å². The largest absolute Gasteiger partial charge is 0.497 e. The van der Waals surface area contributed by atoms with E-state index in [1.54, 1.807) is 14.2 Å². The van der Waals surface area contributed by atoms with Crippen LogP contribution in [0.1, 0.15) is 25.0 Å². The third-order valence-corrected chi connectivity index (χ3v) is 8.03. The van der Waals surface area contributed by atoms with Gasteiger partial charge in [0.05, 0.1) is 23.2 Å². The minimum atomic E-state index is -0.235. The highest BCUT2D eigenvalue weighted by Gasteiger charge is 2.32. The van der Waals surface area contributed by atoms with Gasteiger partial charge >= 0.3 is 0 Å². The summed E-state index contributed by atoms with van der Waals surface area (Å²) in [6.45, 7) is 4.37. The van der Waals surface area contributed by atoms with E-state index in [4.69, 9.17) is 9.47 Å². The van der Waals surface area contributed by atoms with Gasteiger partial charge in [-0.05, 0) is 87.0 Å². The van der Waals surface area contributed by atoms with E-state index >= 15 is 0 Å². The lowest BCUT2D eigenvalue weighted by molar-refractivity contribution is 0.408. The Morgan fingerprint density at radius 1 is 0.739 bits per heavy atom. The summed E-state index contributed by atoms with van der Waals surface area (Å²) < 4.78 is 14.4. The summed E-state index contributed by atoms with van der Waals surface area (Å²) in [5.41, 5.74) is 2.08. The number of methoxy groups -OCH3 is 2. The minimum Gasteiger partial charge on any atom is -0.497 e. The highest BCUT2D eigenvalue weighted by atomic mass is 79.9. The first-order valence-corrected chi connectivity index (χ1v) is 9.97. The molecule has 0 unspecified atom stereocenters. The number of hydrogen-bond acceptors (Lipinski definition) is 2. The zero-order valence-corrected chi connectivity index (χ0v) is 19.5. The van der Waals surface area contributed by atoms with Gasteiger partial charge in [-0.15, -0.1) is 0 Å². The van der Waals surface area contributed by atoms with Crippen LogP contribution < -0.4 is 9.47 Å². The Hall–Kier alpha value is -0.0400. The molecule has 2 rings (SSSR count). The molecule has 2 aromatic carbocycles. The van der Waals surface area contributed by atoms with Gasteiger partial charge in [-0.25, -0.2) is 0 Å². The van der Waals surface area contributed by atoms with Crippen LogP contribution in [0.2, 0.25) is 0 Å². The zero-order chi connectivity index (χ0) is 17.4. The average molecular weight is 572 g/mol. The smallest absolute Gasteiger partial charge is 0.149 e. The van der Waals surface area contributed by atoms with Crippen LogP contribution in [0.5, 0.6) is 11.5 Å². The van der Waals surface area contributed by atoms with Crippen molar-refractivity contribution in [1.82, 2.24) is 0 Å². The summed E-state index contributed by atoms with van der Waals surface area (Å²) in [6.07, 6.45) is 0. The predicted octanol–water partition coefficient (Wildman–Crippen LogP) is 7.08. The molecule has 0 aliphatic carbocycles. The molecule has 124 valence electrons. The lowest BCUT2D eigenvalue weighted by Gasteiger charge is -2.30. The maximum absolute atomic E-state index is 5.47. The molecule has 0 saturated heterocycles. The molecule has 0 spiro atoms. The molecule has 6 heteroatoms. The molecule has 0 aromatic heterocycles. The number of ether oxygens (including phenoxy) is 2. The zero-order valence-electron chi connectivity index (χ0n) is 13.1. The van der Waals surface area contributed by atoms with E-state index < -0.39 is 0 Å². The van der Waals surface area contributed by atoms with Crippen molar-refractivity contribution in [1.29, 1.82) is 0 Å². The second-order valence-corrected chi connectivity index (χ2v) is 8.69. The van der Waals surface area contributed by atoms with E-state index in [1.165, 1.54) is 5.56 Å². The molecular weight excluding hydrogens is 556 g/mol. The van der Waals surface area contributed by atoms with E-state index in [1.807, 2.05) is 12.1 Å². The van der Waals surface area contributed by atoms with Gasteiger partial charge in [0.2, 0.25) is 0 Å². The monoisotopic (exact) mass is 568 g/mol. The Bertz CT molecular complexity index is 695. The normalized spacial score (nSPS) is 11.5. The van der Waals surface area contributed by atoms with Crippen molar-refractivity contribution < 1.29 is 9.47 Å². The van der Waals surface area contributed by atoms with Crippen LogP contribution in [0, 0.1) is 0 Å². The molecule has 0 radical (unpaired) electrons. The second kappa shape index (κ2) is 7.46. The van der Waals surface area contributed by atoms with Gasteiger partial charge in [0.1, 0.15) is 11.5 Å². The highest BCUT2D eigenvalue weighted by molar-refractivity contribution is 9.14. The summed E-state index contributed by atoms with van der Waals surface area (Å²) in [4.78, 5) is 0. The van der Waals surface area contributed by atoms with Crippen molar-refractivity contribution in [2.45, 2.75) is 19.3 Å². The maximum atomic E-state index is 5.47. The standard InChI is InChI=1S/C17H16Br4O2/c1-17(2,9-5-7-10(22-3)8-6-9)11-12(18)14(20)16(23-4)15(21)13(11)19/h5-8H,1-4H3. The summed E-state index contributed by atoms with van der Waals surface area (Å²) in [5.74, 6) is 1.60. The predicted molar refractivity (Wildman–Crippen MR) is 109 cm³/mol. The number of benzene rings is 2. The summed E-state index contributed by atoms with van der Waals surface area (Å²) in [6, 6.07) is 8.13. The Morgan fingerprint density at radius 3 is 1.61 bits per heavy atom. The fraction of sp³-hybridized carbons (Fsp3) is 0.294. The van der Waals surface area contributed by atoms with Gasteiger partial charge in [-0.1, -0.05) is 26.0 Å². The first kappa shape index (κ1) is 19.3. The van der Waals surface area contributed by atoms with E-state index in [9.17, 15) is 0 Å². The molecule has 2 aromatic rings. The number of halogens is 4. The molecule has 0 N–H and O–H groups in total. The molecule has 23 heavy (non-hydrogen) atoms. The Kier molecular flexibility index (Phi) is 6.26. The van der Waals surface area contributed by atoms with Gasteiger partial charge in [-0.2, -0.15) is 0 Å². The molecule has 0 aliphatic rings. The molecule has 2 nitrogen and oxygen atoms in total. The van der Waals surface area contributed by atoms with Gasteiger partial charge in [-0.3, -0.25) is 0 Å². The van der Waals surface area contributed by atoms with Crippen LogP contribution in [-0.2, 0) is 5.41 Å². The quantitative estimate of drug-likeness (QED) is 0.365. The van der Waals surface area contributed by atoms with E-state index in [0.717, 1.165) is 35.0 Å². The third kappa shape index (κ3) is 3.51. The average Bonchev–Trinajstić information content (AvgIpc) is 2.53. The van der Waals surface area contributed by atoms with Crippen molar-refractivity contribution in [3.63, 3.8) is 0 Å². The Labute approximate surface area is 170 Å². The maximum Gasteiger partial charge on any atom is 0.149 e. The Morgan fingerprint density at radius 2 is 1.22 bits per heavy atom. The van der Waals surface area contributed by atoms with Crippen LogP contribution in [0.15, 0.2) is 42.2 Å². The fourth-order valence-corrected chi connectivity index (χ4v) is 5.89. The van der Waals surface area contributed by atoms with E-state index in [0.29, 0.717) is 0 Å². The fourth-order valence-electron chi connectivity index (χ4n) is 2.49. The third-order valence-electron chi connectivity index (χ3n) is 3.86. The van der Waals surface area contributed by atoms with Crippen LogP contribution in [0.3, 0.4) is 0 Å². The lowest BCUT2D eigenvalue weighted by atomic mass is 9.78. The first-order valence-electron chi connectivity index (χ1n) is 6.80. The summed E-state index contributed by atoms with van der Waals surface area (Å²) in [7, 11) is 3.32. The molecule has 0 fully saturated rings. The minimum absolute atomic E-state index is 0.235. The van der Waals surface area contributed by atoms with E-state index in [-0.39, 0.29) is 5.41 Å². The van der Waals surface area contributed by atoms with Crippen molar-refractivity contribution in [3.8, 4) is 11.5 Å². The van der Waals surface area contributed by atoms with Crippen LogP contribution in [0.25, 0.3) is 0 Å². The number of hydrogen-bond donors (Lipinski definition) is 0.